The van der Waals surface area contributed by atoms with E-state index < -0.39 is 0 Å². The first-order valence-electron chi connectivity index (χ1n) is 19.4. The van der Waals surface area contributed by atoms with Crippen molar-refractivity contribution in [2.24, 2.45) is 68.0 Å². The fourth-order valence-electron chi connectivity index (χ4n) is 14.5. The van der Waals surface area contributed by atoms with Gasteiger partial charge in [-0.25, -0.2) is 0 Å². The SMILES string of the molecule is C=C(C)[C@@H]1CC[C@]2(C(=O)N[C@@H]3C[C@H](C(=O)N4CCOCC4)C3(C)C)CC[C@]3(C)[C@H](CC[C@@H]4[C@]5(C)CCCC(C)(C)[C@H]5CC[C@]43C)[C@@H]12. The van der Waals surface area contributed by atoms with Gasteiger partial charge in [-0.3, -0.25) is 9.59 Å². The molecule has 5 nitrogen and oxygen atoms in total. The summed E-state index contributed by atoms with van der Waals surface area (Å²) in [5.74, 6) is 3.52. The molecule has 2 amide bonds. The lowest BCUT2D eigenvalue weighted by Crippen LogP contribution is -2.68. The van der Waals surface area contributed by atoms with Crippen molar-refractivity contribution in [3.05, 3.63) is 12.2 Å². The molecule has 6 aliphatic carbocycles. The highest BCUT2D eigenvalue weighted by atomic mass is 16.5. The van der Waals surface area contributed by atoms with Gasteiger partial charge in [0, 0.05) is 25.0 Å². The molecule has 7 aliphatic rings. The maximum Gasteiger partial charge on any atom is 0.226 e. The van der Waals surface area contributed by atoms with E-state index in [1.165, 1.54) is 56.9 Å². The van der Waals surface area contributed by atoms with Crippen LogP contribution in [0.25, 0.3) is 0 Å². The monoisotopic (exact) mass is 635 g/mol. The predicted octanol–water partition coefficient (Wildman–Crippen LogP) is 8.42. The van der Waals surface area contributed by atoms with Gasteiger partial charge in [-0.15, -0.1) is 0 Å². The van der Waals surface area contributed by atoms with E-state index >= 15 is 0 Å². The third-order valence-corrected chi connectivity index (χ3v) is 17.5. The number of nitrogens with one attached hydrogen (secondary N) is 1. The first-order valence-corrected chi connectivity index (χ1v) is 19.4. The molecule has 1 aliphatic heterocycles. The molecule has 1 heterocycles. The first-order chi connectivity index (χ1) is 21.5. The molecular formula is C41H66N2O3. The molecule has 0 aromatic heterocycles. The minimum absolute atomic E-state index is 0.0259. The van der Waals surface area contributed by atoms with E-state index in [4.69, 9.17) is 4.74 Å². The zero-order chi connectivity index (χ0) is 33.1. The van der Waals surface area contributed by atoms with Gasteiger partial charge in [-0.1, -0.05) is 67.0 Å². The van der Waals surface area contributed by atoms with Crippen LogP contribution in [-0.2, 0) is 14.3 Å². The summed E-state index contributed by atoms with van der Waals surface area (Å²) in [6.07, 6.45) is 14.5. The molecular weight excluding hydrogens is 568 g/mol. The quantitative estimate of drug-likeness (QED) is 0.316. The maximum absolute atomic E-state index is 14.8. The topological polar surface area (TPSA) is 58.6 Å². The summed E-state index contributed by atoms with van der Waals surface area (Å²) in [4.78, 5) is 30.3. The van der Waals surface area contributed by atoms with Gasteiger partial charge >= 0.3 is 0 Å². The number of carbonyl (C=O) groups excluding carboxylic acids is 2. The Morgan fingerprint density at radius 3 is 2.20 bits per heavy atom. The second-order valence-electron chi connectivity index (χ2n) is 19.8. The standard InChI is InChI=1S/C41H66N2O3/c1-26(2)27-13-18-41(35(45)42-32-25-29(37(32,5)6)34(44)43-21-23-46-24-22-43)20-19-39(8)28(33(27)41)11-12-31-38(7)16-10-15-36(3,4)30(38)14-17-40(31,39)9/h27-33H,1,10-25H2,2-9H3,(H,42,45)/t27-,28+,29+,30+,31+,32+,33+,38+,39+,40+,41-/m0/s1. The third kappa shape index (κ3) is 4.40. The summed E-state index contributed by atoms with van der Waals surface area (Å²) in [5, 5.41) is 3.65. The number of hydrogen-bond donors (Lipinski definition) is 1. The highest BCUT2D eigenvalue weighted by molar-refractivity contribution is 5.86. The van der Waals surface area contributed by atoms with E-state index in [9.17, 15) is 9.59 Å². The Labute approximate surface area is 280 Å². The van der Waals surface area contributed by atoms with E-state index in [2.05, 4.69) is 67.3 Å². The molecule has 1 saturated heterocycles. The second kappa shape index (κ2) is 10.8. The summed E-state index contributed by atoms with van der Waals surface area (Å²) in [5.41, 5.74) is 2.21. The fraction of sp³-hybridized carbons (Fsp3) is 0.902. The van der Waals surface area contributed by atoms with Gasteiger partial charge < -0.3 is 15.0 Å². The number of allylic oxidation sites excluding steroid dienone is 1. The number of nitrogens with zero attached hydrogens (tertiary/aromatic N) is 1. The highest BCUT2D eigenvalue weighted by Crippen LogP contribution is 2.77. The highest BCUT2D eigenvalue weighted by Gasteiger charge is 2.71. The third-order valence-electron chi connectivity index (χ3n) is 17.5. The van der Waals surface area contributed by atoms with Crippen molar-refractivity contribution in [1.82, 2.24) is 10.2 Å². The van der Waals surface area contributed by atoms with Crippen molar-refractivity contribution in [1.29, 1.82) is 0 Å². The summed E-state index contributed by atoms with van der Waals surface area (Å²) >= 11 is 0. The number of morpholine rings is 1. The van der Waals surface area contributed by atoms with Crippen LogP contribution in [0, 0.1) is 68.0 Å². The number of rotatable bonds is 4. The normalized spacial score (nSPS) is 49.0. The number of fused-ring (bicyclic) bond motifs is 7. The Hall–Kier alpha value is -1.36. The van der Waals surface area contributed by atoms with Gasteiger partial charge in [0.15, 0.2) is 0 Å². The molecule has 7 rings (SSSR count). The van der Waals surface area contributed by atoms with E-state index in [1.807, 2.05) is 4.90 Å². The van der Waals surface area contributed by atoms with Crippen molar-refractivity contribution in [2.45, 2.75) is 138 Å². The zero-order valence-corrected chi connectivity index (χ0v) is 30.7. The van der Waals surface area contributed by atoms with Gasteiger partial charge in [0.1, 0.15) is 0 Å². The molecule has 5 heteroatoms. The smallest absolute Gasteiger partial charge is 0.226 e. The average Bonchev–Trinajstić information content (AvgIpc) is 3.40. The molecule has 0 aromatic carbocycles. The van der Waals surface area contributed by atoms with Gasteiger partial charge in [0.25, 0.3) is 0 Å². The molecule has 0 unspecified atom stereocenters. The number of carbonyl (C=O) groups is 2. The number of ether oxygens (including phenoxy) is 1. The van der Waals surface area contributed by atoms with E-state index in [0.29, 0.717) is 66.2 Å². The fourth-order valence-corrected chi connectivity index (χ4v) is 14.5. The molecule has 0 bridgehead atoms. The van der Waals surface area contributed by atoms with Gasteiger partial charge in [0.2, 0.25) is 11.8 Å². The molecule has 258 valence electrons. The zero-order valence-electron chi connectivity index (χ0n) is 30.7. The minimum Gasteiger partial charge on any atom is -0.378 e. The molecule has 7 fully saturated rings. The molecule has 0 radical (unpaired) electrons. The number of amides is 2. The molecule has 0 aromatic rings. The first kappa shape index (κ1) is 33.2. The Morgan fingerprint density at radius 2 is 1.52 bits per heavy atom. The van der Waals surface area contributed by atoms with Crippen LogP contribution < -0.4 is 5.32 Å². The maximum atomic E-state index is 14.8. The van der Waals surface area contributed by atoms with Crippen molar-refractivity contribution in [2.75, 3.05) is 26.3 Å². The van der Waals surface area contributed by atoms with Crippen molar-refractivity contribution in [3.63, 3.8) is 0 Å². The summed E-state index contributed by atoms with van der Waals surface area (Å²) in [7, 11) is 0. The Bertz CT molecular complexity index is 1270. The number of hydrogen-bond acceptors (Lipinski definition) is 3. The van der Waals surface area contributed by atoms with Gasteiger partial charge in [0.05, 0.1) is 18.6 Å². The van der Waals surface area contributed by atoms with Crippen molar-refractivity contribution < 1.29 is 14.3 Å². The largest absolute Gasteiger partial charge is 0.378 e. The van der Waals surface area contributed by atoms with Gasteiger partial charge in [-0.05, 0) is 134 Å². The minimum atomic E-state index is -0.305. The summed E-state index contributed by atoms with van der Waals surface area (Å²) < 4.78 is 5.50. The van der Waals surface area contributed by atoms with E-state index in [-0.39, 0.29) is 34.1 Å². The molecule has 6 saturated carbocycles. The molecule has 11 atom stereocenters. The van der Waals surface area contributed by atoms with Crippen LogP contribution in [-0.4, -0.2) is 49.1 Å². The van der Waals surface area contributed by atoms with Crippen LogP contribution in [0.4, 0.5) is 0 Å². The van der Waals surface area contributed by atoms with Crippen molar-refractivity contribution in [3.8, 4) is 0 Å². The van der Waals surface area contributed by atoms with Crippen molar-refractivity contribution >= 4 is 11.8 Å². The van der Waals surface area contributed by atoms with Gasteiger partial charge in [-0.2, -0.15) is 0 Å². The summed E-state index contributed by atoms with van der Waals surface area (Å²) in [6.45, 7) is 27.1. The van der Waals surface area contributed by atoms with Crippen LogP contribution in [0.1, 0.15) is 132 Å². The molecule has 46 heavy (non-hydrogen) atoms. The predicted molar refractivity (Wildman–Crippen MR) is 185 cm³/mol. The summed E-state index contributed by atoms with van der Waals surface area (Å²) in [6, 6.07) is 0.0559. The molecule has 1 N–H and O–H groups in total. The second-order valence-corrected chi connectivity index (χ2v) is 19.8. The van der Waals surface area contributed by atoms with Crippen LogP contribution in [0.15, 0.2) is 12.2 Å². The van der Waals surface area contributed by atoms with E-state index in [1.54, 1.807) is 0 Å². The van der Waals surface area contributed by atoms with Crippen LogP contribution in [0.5, 0.6) is 0 Å². The lowest BCUT2D eigenvalue weighted by atomic mass is 9.32. The Balaban J connectivity index is 1.15. The lowest BCUT2D eigenvalue weighted by Gasteiger charge is -2.72. The van der Waals surface area contributed by atoms with Crippen LogP contribution in [0.2, 0.25) is 0 Å². The Kier molecular flexibility index (Phi) is 7.80. The lowest BCUT2D eigenvalue weighted by molar-refractivity contribution is -0.235. The van der Waals surface area contributed by atoms with Crippen LogP contribution >= 0.6 is 0 Å². The van der Waals surface area contributed by atoms with E-state index in [0.717, 1.165) is 37.5 Å². The average molecular weight is 635 g/mol. The Morgan fingerprint density at radius 1 is 0.804 bits per heavy atom. The molecule has 0 spiro atoms. The van der Waals surface area contributed by atoms with Crippen LogP contribution in [0.3, 0.4) is 0 Å².